The third-order valence-corrected chi connectivity index (χ3v) is 4.88. The summed E-state index contributed by atoms with van der Waals surface area (Å²) >= 11 is 0. The van der Waals surface area contributed by atoms with Crippen LogP contribution in [0, 0.1) is 0 Å². The molecular weight excluding hydrogens is 395 g/mol. The average molecular weight is 413 g/mol. The van der Waals surface area contributed by atoms with Crippen LogP contribution in [-0.4, -0.2) is 12.4 Å². The Balaban J connectivity index is 1.84. The van der Waals surface area contributed by atoms with E-state index >= 15 is 0 Å². The Labute approximate surface area is 178 Å². The van der Waals surface area contributed by atoms with E-state index in [-0.39, 0.29) is 0 Å². The third kappa shape index (κ3) is 4.82. The normalized spacial score (nSPS) is 10.9. The minimum Gasteiger partial charge on any atom is -0.187 e. The van der Waals surface area contributed by atoms with Gasteiger partial charge in [0.05, 0.1) is 5.56 Å². The Morgan fingerprint density at radius 2 is 1.16 bits per heavy atom. The van der Waals surface area contributed by atoms with Crippen LogP contribution in [0.15, 0.2) is 103 Å². The maximum atomic E-state index is 13.0. The first-order valence-electron chi connectivity index (χ1n) is 9.72. The molecule has 152 valence electrons. The summed E-state index contributed by atoms with van der Waals surface area (Å²) in [5.41, 5.74) is 4.41. The van der Waals surface area contributed by atoms with Gasteiger partial charge >= 0.3 is 6.18 Å². The van der Waals surface area contributed by atoms with E-state index in [0.29, 0.717) is 5.56 Å². The van der Waals surface area contributed by atoms with Crippen molar-refractivity contribution in [2.75, 3.05) is 0 Å². The van der Waals surface area contributed by atoms with Crippen molar-refractivity contribution in [3.8, 4) is 22.3 Å². The van der Waals surface area contributed by atoms with Crippen LogP contribution < -0.4 is 4.67 Å². The number of alkyl halides is 3. The van der Waals surface area contributed by atoms with Gasteiger partial charge in [0.1, 0.15) is 0 Å². The highest BCUT2D eigenvalue weighted by Crippen LogP contribution is 2.34. The number of hydrogen-bond acceptors (Lipinski definition) is 0. The summed E-state index contributed by atoms with van der Waals surface area (Å²) in [5, 5.41) is 0. The second-order valence-electron chi connectivity index (χ2n) is 6.94. The molecule has 0 spiro atoms. The first kappa shape index (κ1) is 20.4. The van der Waals surface area contributed by atoms with E-state index in [1.807, 2.05) is 78.9 Å². The van der Waals surface area contributed by atoms with E-state index < -0.39 is 11.7 Å². The van der Waals surface area contributed by atoms with Crippen molar-refractivity contribution in [2.24, 2.45) is 0 Å². The Morgan fingerprint density at radius 1 is 0.613 bits per heavy atom. The molecule has 0 bridgehead atoms. The standard InChI is InChI=1S/C27H18F3N/c28-27(29,30)23-16-14-22(15-17-23)25-13-7-12-24(21-10-5-2-6-11-21)26(25)19-31-18-20-8-3-1-4-9-20/h1-17,19H. The predicted molar refractivity (Wildman–Crippen MR) is 120 cm³/mol. The molecule has 1 nitrogen and oxygen atoms in total. The Bertz CT molecular complexity index is 1220. The average Bonchev–Trinajstić information content (AvgIpc) is 2.80. The summed E-state index contributed by atoms with van der Waals surface area (Å²) in [5.74, 6) is 0. The van der Waals surface area contributed by atoms with E-state index in [1.54, 1.807) is 6.21 Å². The quantitative estimate of drug-likeness (QED) is 0.205. The topological polar surface area (TPSA) is 14.1 Å². The van der Waals surface area contributed by atoms with Gasteiger partial charge < -0.3 is 0 Å². The summed E-state index contributed by atoms with van der Waals surface area (Å²) in [6.45, 7) is 0. The molecule has 0 aliphatic heterocycles. The number of hydrogen-bond donors (Lipinski definition) is 0. The van der Waals surface area contributed by atoms with Crippen molar-refractivity contribution in [3.63, 3.8) is 0 Å². The summed E-state index contributed by atoms with van der Waals surface area (Å²) in [4.78, 5) is 0. The molecule has 0 radical (unpaired) electrons. The molecule has 0 atom stereocenters. The summed E-state index contributed by atoms with van der Waals surface area (Å²) in [7, 11) is 0. The molecular formula is C27H18F3N. The highest BCUT2D eigenvalue weighted by Gasteiger charge is 2.30. The van der Waals surface area contributed by atoms with Gasteiger partial charge in [-0.2, -0.15) is 17.8 Å². The Morgan fingerprint density at radius 3 is 1.74 bits per heavy atom. The third-order valence-electron chi connectivity index (χ3n) is 4.88. The van der Waals surface area contributed by atoms with Gasteiger partial charge in [-0.05, 0) is 34.4 Å². The van der Waals surface area contributed by atoms with Crippen molar-refractivity contribution < 1.29 is 13.2 Å². The molecule has 31 heavy (non-hydrogen) atoms. The molecule has 0 fully saturated rings. The number of benzene rings is 4. The van der Waals surface area contributed by atoms with Crippen LogP contribution >= 0.6 is 0 Å². The molecule has 0 unspecified atom stereocenters. The second kappa shape index (κ2) is 8.86. The minimum absolute atomic E-state index is 0.670. The van der Waals surface area contributed by atoms with Crippen LogP contribution in [0.5, 0.6) is 0 Å². The van der Waals surface area contributed by atoms with Gasteiger partial charge in [0.25, 0.3) is 6.21 Å². The van der Waals surface area contributed by atoms with Crippen LogP contribution in [0.25, 0.3) is 22.3 Å². The first-order chi connectivity index (χ1) is 15.0. The number of nitrogens with zero attached hydrogens (tertiary/aromatic N) is 1. The van der Waals surface area contributed by atoms with Gasteiger partial charge in [0, 0.05) is 5.56 Å². The van der Waals surface area contributed by atoms with Gasteiger partial charge in [-0.15, -0.1) is 24.3 Å². The van der Waals surface area contributed by atoms with E-state index in [4.69, 9.17) is 0 Å². The smallest absolute Gasteiger partial charge is 0.187 e. The minimum atomic E-state index is -4.37. The summed E-state index contributed by atoms with van der Waals surface area (Å²) < 4.78 is 43.3. The van der Waals surface area contributed by atoms with E-state index in [9.17, 15) is 13.2 Å². The largest absolute Gasteiger partial charge is 0.416 e. The fourth-order valence-corrected chi connectivity index (χ4v) is 3.35. The molecule has 0 saturated heterocycles. The van der Waals surface area contributed by atoms with Crippen molar-refractivity contribution in [1.82, 2.24) is 4.67 Å². The fourth-order valence-electron chi connectivity index (χ4n) is 3.35. The van der Waals surface area contributed by atoms with Crippen LogP contribution in [-0.2, 0) is 6.18 Å². The van der Waals surface area contributed by atoms with Crippen molar-refractivity contribution in [1.29, 1.82) is 0 Å². The lowest BCUT2D eigenvalue weighted by molar-refractivity contribution is -0.137. The Hall–Kier alpha value is -3.88. The van der Waals surface area contributed by atoms with Gasteiger partial charge in [-0.1, -0.05) is 72.3 Å². The SMILES string of the molecule is FC(F)(F)c1ccc(-c2cccc(-c3ccccc3)c2C=[N+]=[C-]c2ccccc2)cc1. The molecule has 0 N–H and O–H groups in total. The molecule has 0 amide bonds. The van der Waals surface area contributed by atoms with E-state index in [0.717, 1.165) is 39.9 Å². The monoisotopic (exact) mass is 413 g/mol. The lowest BCUT2D eigenvalue weighted by Gasteiger charge is -2.12. The van der Waals surface area contributed by atoms with Crippen LogP contribution in [0.1, 0.15) is 16.7 Å². The predicted octanol–water partition coefficient (Wildman–Crippen LogP) is 6.52. The Kier molecular flexibility index (Phi) is 5.83. The number of halogens is 3. The molecule has 0 saturated carbocycles. The van der Waals surface area contributed by atoms with Crippen molar-refractivity contribution >= 4 is 12.4 Å². The molecule has 4 aromatic carbocycles. The van der Waals surface area contributed by atoms with E-state index in [1.165, 1.54) is 12.1 Å². The molecule has 0 aliphatic rings. The van der Waals surface area contributed by atoms with Crippen molar-refractivity contribution in [2.45, 2.75) is 6.18 Å². The highest BCUT2D eigenvalue weighted by atomic mass is 19.4. The van der Waals surface area contributed by atoms with Crippen LogP contribution in [0.2, 0.25) is 0 Å². The van der Waals surface area contributed by atoms with Crippen LogP contribution in [0.4, 0.5) is 13.2 Å². The fraction of sp³-hybridized carbons (Fsp3) is 0.0370. The van der Waals surface area contributed by atoms with Crippen LogP contribution in [0.3, 0.4) is 0 Å². The zero-order valence-corrected chi connectivity index (χ0v) is 16.5. The first-order valence-corrected chi connectivity index (χ1v) is 9.72. The lowest BCUT2D eigenvalue weighted by Crippen LogP contribution is -2.04. The van der Waals surface area contributed by atoms with Gasteiger partial charge in [0.2, 0.25) is 6.21 Å². The van der Waals surface area contributed by atoms with Gasteiger partial charge in [-0.25, -0.2) is 0 Å². The summed E-state index contributed by atoms with van der Waals surface area (Å²) in [6.07, 6.45) is 0.344. The van der Waals surface area contributed by atoms with E-state index in [2.05, 4.69) is 10.9 Å². The molecule has 0 aromatic heterocycles. The zero-order valence-electron chi connectivity index (χ0n) is 16.5. The second-order valence-corrected chi connectivity index (χ2v) is 6.94. The molecule has 0 heterocycles. The van der Waals surface area contributed by atoms with Gasteiger partial charge in [0.15, 0.2) is 0 Å². The molecule has 0 aliphatic carbocycles. The van der Waals surface area contributed by atoms with Gasteiger partial charge in [-0.3, -0.25) is 0 Å². The molecule has 4 rings (SSSR count). The highest BCUT2D eigenvalue weighted by molar-refractivity contribution is 5.99. The maximum Gasteiger partial charge on any atom is 0.416 e. The summed E-state index contributed by atoms with van der Waals surface area (Å²) in [6, 6.07) is 30.3. The molecule has 4 aromatic rings. The zero-order chi connectivity index (χ0) is 21.7. The number of rotatable bonds is 4. The lowest BCUT2D eigenvalue weighted by atomic mass is 9.92. The molecule has 4 heteroatoms. The maximum absolute atomic E-state index is 13.0. The van der Waals surface area contributed by atoms with Crippen molar-refractivity contribution in [3.05, 3.63) is 120 Å².